The summed E-state index contributed by atoms with van der Waals surface area (Å²) in [7, 11) is -1.56. The highest BCUT2D eigenvalue weighted by Gasteiger charge is 2.31. The summed E-state index contributed by atoms with van der Waals surface area (Å²) in [5.41, 5.74) is 0.926. The molecule has 0 bridgehead atoms. The molecule has 1 saturated heterocycles. The van der Waals surface area contributed by atoms with Gasteiger partial charge in [-0.25, -0.2) is 12.7 Å². The molecule has 0 amide bonds. The summed E-state index contributed by atoms with van der Waals surface area (Å²) in [5, 5.41) is 2.93. The predicted octanol–water partition coefficient (Wildman–Crippen LogP) is 1.10. The molecule has 1 N–H and O–H groups in total. The first-order chi connectivity index (χ1) is 8.51. The Morgan fingerprint density at radius 3 is 2.67 bits per heavy atom. The van der Waals surface area contributed by atoms with Crippen LogP contribution in [0.5, 0.6) is 0 Å². The Morgan fingerprint density at radius 2 is 2.11 bits per heavy atom. The smallest absolute Gasteiger partial charge is 0.217 e. The molecule has 0 saturated carbocycles. The second-order valence-corrected chi connectivity index (χ2v) is 7.07. The molecular formula is C12H20N2O3S. The summed E-state index contributed by atoms with van der Waals surface area (Å²) in [6, 6.07) is 1.82. The van der Waals surface area contributed by atoms with E-state index in [4.69, 9.17) is 4.42 Å². The highest BCUT2D eigenvalue weighted by atomic mass is 32.2. The van der Waals surface area contributed by atoms with Crippen molar-refractivity contribution in [2.45, 2.75) is 31.6 Å². The van der Waals surface area contributed by atoms with Gasteiger partial charge in [0.05, 0.1) is 11.5 Å². The van der Waals surface area contributed by atoms with E-state index in [2.05, 4.69) is 5.32 Å². The minimum atomic E-state index is -3.20. The molecule has 0 unspecified atom stereocenters. The summed E-state index contributed by atoms with van der Waals surface area (Å²) < 4.78 is 31.4. The molecule has 0 radical (unpaired) electrons. The van der Waals surface area contributed by atoms with Crippen molar-refractivity contribution in [2.24, 2.45) is 0 Å². The first-order valence-corrected chi connectivity index (χ1v) is 7.71. The van der Waals surface area contributed by atoms with Crippen molar-refractivity contribution in [3.63, 3.8) is 0 Å². The standard InChI is InChI=1S/C12H20N2O3S/c1-10-11(5-8-17-10)9-14(2)18(15,16)12-3-6-13-7-4-12/h5,8,12-13H,3-4,6-7,9H2,1-2H3. The SMILES string of the molecule is Cc1occc1CN(C)S(=O)(=O)C1CCNCC1. The van der Waals surface area contributed by atoms with Crippen molar-refractivity contribution < 1.29 is 12.8 Å². The van der Waals surface area contributed by atoms with Crippen LogP contribution in [-0.4, -0.2) is 38.1 Å². The fourth-order valence-electron chi connectivity index (χ4n) is 2.25. The Balaban J connectivity index is 2.07. The topological polar surface area (TPSA) is 62.6 Å². The average molecular weight is 272 g/mol. The Kier molecular flexibility index (Phi) is 4.09. The maximum atomic E-state index is 12.4. The van der Waals surface area contributed by atoms with E-state index in [0.717, 1.165) is 24.4 Å². The fourth-order valence-corrected chi connectivity index (χ4v) is 3.91. The lowest BCUT2D eigenvalue weighted by molar-refractivity contribution is 0.425. The van der Waals surface area contributed by atoms with Crippen LogP contribution in [-0.2, 0) is 16.6 Å². The van der Waals surface area contributed by atoms with E-state index in [1.165, 1.54) is 4.31 Å². The van der Waals surface area contributed by atoms with Gasteiger partial charge in [0.25, 0.3) is 0 Å². The number of furan rings is 1. The lowest BCUT2D eigenvalue weighted by Crippen LogP contribution is -2.42. The molecule has 0 aromatic carbocycles. The molecular weight excluding hydrogens is 252 g/mol. The van der Waals surface area contributed by atoms with Crippen molar-refractivity contribution in [1.29, 1.82) is 0 Å². The van der Waals surface area contributed by atoms with E-state index < -0.39 is 10.0 Å². The highest BCUT2D eigenvalue weighted by molar-refractivity contribution is 7.89. The summed E-state index contributed by atoms with van der Waals surface area (Å²) in [4.78, 5) is 0. The van der Waals surface area contributed by atoms with Gasteiger partial charge < -0.3 is 9.73 Å². The molecule has 1 aromatic heterocycles. The van der Waals surface area contributed by atoms with Gasteiger partial charge in [-0.15, -0.1) is 0 Å². The maximum absolute atomic E-state index is 12.4. The molecule has 1 fully saturated rings. The third-order valence-corrected chi connectivity index (χ3v) is 5.81. The van der Waals surface area contributed by atoms with Crippen molar-refractivity contribution in [3.05, 3.63) is 23.7 Å². The van der Waals surface area contributed by atoms with Gasteiger partial charge in [-0.3, -0.25) is 0 Å². The molecule has 0 spiro atoms. The van der Waals surface area contributed by atoms with E-state index in [9.17, 15) is 8.42 Å². The largest absolute Gasteiger partial charge is 0.469 e. The summed E-state index contributed by atoms with van der Waals surface area (Å²) in [5.74, 6) is 0.780. The minimum Gasteiger partial charge on any atom is -0.469 e. The van der Waals surface area contributed by atoms with Gasteiger partial charge in [-0.1, -0.05) is 0 Å². The normalized spacial score (nSPS) is 18.4. The predicted molar refractivity (Wildman–Crippen MR) is 69.7 cm³/mol. The maximum Gasteiger partial charge on any atom is 0.217 e. The summed E-state index contributed by atoms with van der Waals surface area (Å²) in [6.07, 6.45) is 2.98. The summed E-state index contributed by atoms with van der Waals surface area (Å²) in [6.45, 7) is 3.79. The summed E-state index contributed by atoms with van der Waals surface area (Å²) >= 11 is 0. The van der Waals surface area contributed by atoms with Crippen molar-refractivity contribution in [3.8, 4) is 0 Å². The molecule has 2 rings (SSSR count). The van der Waals surface area contributed by atoms with Crippen LogP contribution < -0.4 is 5.32 Å². The van der Waals surface area contributed by atoms with E-state index in [1.807, 2.05) is 13.0 Å². The third kappa shape index (κ3) is 2.76. The first-order valence-electron chi connectivity index (χ1n) is 6.20. The number of sulfonamides is 1. The number of rotatable bonds is 4. The monoisotopic (exact) mass is 272 g/mol. The van der Waals surface area contributed by atoms with Gasteiger partial charge in [0.1, 0.15) is 5.76 Å². The van der Waals surface area contributed by atoms with E-state index >= 15 is 0 Å². The number of hydrogen-bond acceptors (Lipinski definition) is 4. The van der Waals surface area contributed by atoms with Gasteiger partial charge in [-0.2, -0.15) is 0 Å². The fraction of sp³-hybridized carbons (Fsp3) is 0.667. The van der Waals surface area contributed by atoms with Crippen LogP contribution in [0.3, 0.4) is 0 Å². The van der Waals surface area contributed by atoms with Crippen LogP contribution in [0.25, 0.3) is 0 Å². The molecule has 102 valence electrons. The van der Waals surface area contributed by atoms with Gasteiger partial charge in [0, 0.05) is 19.2 Å². The van der Waals surface area contributed by atoms with E-state index in [0.29, 0.717) is 19.4 Å². The van der Waals surface area contributed by atoms with Crippen molar-refractivity contribution in [1.82, 2.24) is 9.62 Å². The van der Waals surface area contributed by atoms with Crippen LogP contribution >= 0.6 is 0 Å². The lowest BCUT2D eigenvalue weighted by Gasteiger charge is -2.27. The Labute approximate surface area is 108 Å². The van der Waals surface area contributed by atoms with Crippen molar-refractivity contribution >= 4 is 10.0 Å². The lowest BCUT2D eigenvalue weighted by atomic mass is 10.2. The molecule has 0 aliphatic carbocycles. The molecule has 0 atom stereocenters. The molecule has 1 aliphatic heterocycles. The van der Waals surface area contributed by atoms with Gasteiger partial charge >= 0.3 is 0 Å². The second kappa shape index (κ2) is 5.42. The molecule has 1 aliphatic rings. The van der Waals surface area contributed by atoms with Crippen LogP contribution in [0.15, 0.2) is 16.7 Å². The highest BCUT2D eigenvalue weighted by Crippen LogP contribution is 2.20. The van der Waals surface area contributed by atoms with Crippen molar-refractivity contribution in [2.75, 3.05) is 20.1 Å². The number of nitrogens with zero attached hydrogens (tertiary/aromatic N) is 1. The van der Waals surface area contributed by atoms with Crippen LogP contribution in [0.4, 0.5) is 0 Å². The van der Waals surface area contributed by atoms with Crippen LogP contribution in [0, 0.1) is 6.92 Å². The number of piperidine rings is 1. The quantitative estimate of drug-likeness (QED) is 0.891. The zero-order chi connectivity index (χ0) is 13.2. The zero-order valence-electron chi connectivity index (χ0n) is 10.8. The minimum absolute atomic E-state index is 0.254. The first kappa shape index (κ1) is 13.6. The van der Waals surface area contributed by atoms with Crippen LogP contribution in [0.2, 0.25) is 0 Å². The van der Waals surface area contributed by atoms with E-state index in [1.54, 1.807) is 13.3 Å². The molecule has 5 nitrogen and oxygen atoms in total. The Hall–Kier alpha value is -0.850. The molecule has 2 heterocycles. The third-order valence-electron chi connectivity index (χ3n) is 3.50. The molecule has 6 heteroatoms. The number of nitrogens with one attached hydrogen (secondary N) is 1. The van der Waals surface area contributed by atoms with E-state index in [-0.39, 0.29) is 5.25 Å². The van der Waals surface area contributed by atoms with Gasteiger partial charge in [0.2, 0.25) is 10.0 Å². The van der Waals surface area contributed by atoms with Crippen LogP contribution in [0.1, 0.15) is 24.2 Å². The second-order valence-electron chi connectivity index (χ2n) is 4.75. The number of hydrogen-bond donors (Lipinski definition) is 1. The average Bonchev–Trinajstić information content (AvgIpc) is 2.76. The Bertz CT molecular complexity index is 489. The number of aryl methyl sites for hydroxylation is 1. The zero-order valence-corrected chi connectivity index (χ0v) is 11.7. The van der Waals surface area contributed by atoms with Gasteiger partial charge in [0.15, 0.2) is 0 Å². The van der Waals surface area contributed by atoms with Gasteiger partial charge in [-0.05, 0) is 38.9 Å². The molecule has 18 heavy (non-hydrogen) atoms. The Morgan fingerprint density at radius 1 is 1.44 bits per heavy atom. The molecule has 1 aromatic rings.